The molecule has 0 aromatic heterocycles. The summed E-state index contributed by atoms with van der Waals surface area (Å²) in [5, 5.41) is 18.5. The van der Waals surface area contributed by atoms with Crippen molar-refractivity contribution in [3.8, 4) is 17.2 Å². The van der Waals surface area contributed by atoms with Crippen LogP contribution in [-0.4, -0.2) is 30.0 Å². The van der Waals surface area contributed by atoms with Crippen molar-refractivity contribution >= 4 is 0 Å². The number of hydrogen-bond acceptors (Lipinski definition) is 4. The Kier molecular flexibility index (Phi) is 3.51. The number of aromatic hydroxyl groups is 2. The largest absolute Gasteiger partial charge is 0.508 e. The van der Waals surface area contributed by atoms with E-state index in [0.29, 0.717) is 18.3 Å². The molecular formula is C12H15O4. The molecule has 2 N–H and O–H groups in total. The van der Waals surface area contributed by atoms with E-state index in [1.54, 1.807) is 0 Å². The number of phenolic OH excluding ortho intramolecular Hbond substituents is 2. The van der Waals surface area contributed by atoms with E-state index >= 15 is 0 Å². The van der Waals surface area contributed by atoms with Crippen molar-refractivity contribution in [1.29, 1.82) is 0 Å². The SMILES string of the molecule is Oc1[c]c(OCC2CCOCC2)cc(O)c1. The molecule has 87 valence electrons. The molecule has 1 radical (unpaired) electrons. The van der Waals surface area contributed by atoms with Gasteiger partial charge in [-0.3, -0.25) is 0 Å². The zero-order chi connectivity index (χ0) is 11.4. The second-order valence-corrected chi connectivity index (χ2v) is 3.95. The summed E-state index contributed by atoms with van der Waals surface area (Å²) in [7, 11) is 0. The lowest BCUT2D eigenvalue weighted by molar-refractivity contribution is 0.0496. The van der Waals surface area contributed by atoms with Crippen LogP contribution in [0.4, 0.5) is 0 Å². The molecule has 0 unspecified atom stereocenters. The van der Waals surface area contributed by atoms with Crippen molar-refractivity contribution in [2.75, 3.05) is 19.8 Å². The van der Waals surface area contributed by atoms with Gasteiger partial charge in [0.05, 0.1) is 12.7 Å². The molecule has 0 amide bonds. The van der Waals surface area contributed by atoms with Gasteiger partial charge in [-0.15, -0.1) is 0 Å². The van der Waals surface area contributed by atoms with E-state index in [1.165, 1.54) is 12.1 Å². The summed E-state index contributed by atoms with van der Waals surface area (Å²) in [5.74, 6) is 0.732. The molecule has 0 bridgehead atoms. The number of phenols is 2. The monoisotopic (exact) mass is 223 g/mol. The van der Waals surface area contributed by atoms with Gasteiger partial charge in [-0.25, -0.2) is 0 Å². The highest BCUT2D eigenvalue weighted by Crippen LogP contribution is 2.26. The maximum Gasteiger partial charge on any atom is 0.134 e. The van der Waals surface area contributed by atoms with E-state index in [2.05, 4.69) is 6.07 Å². The van der Waals surface area contributed by atoms with Gasteiger partial charge in [0.2, 0.25) is 0 Å². The van der Waals surface area contributed by atoms with E-state index in [4.69, 9.17) is 9.47 Å². The fraction of sp³-hybridized carbons (Fsp3) is 0.500. The highest BCUT2D eigenvalue weighted by atomic mass is 16.5. The summed E-state index contributed by atoms with van der Waals surface area (Å²) < 4.78 is 10.7. The number of benzene rings is 1. The van der Waals surface area contributed by atoms with E-state index in [1.807, 2.05) is 0 Å². The molecule has 1 saturated heterocycles. The summed E-state index contributed by atoms with van der Waals surface area (Å²) in [4.78, 5) is 0. The minimum Gasteiger partial charge on any atom is -0.508 e. The third-order valence-corrected chi connectivity index (χ3v) is 2.63. The zero-order valence-electron chi connectivity index (χ0n) is 8.98. The lowest BCUT2D eigenvalue weighted by Gasteiger charge is -2.22. The first-order valence-corrected chi connectivity index (χ1v) is 5.40. The first-order chi connectivity index (χ1) is 7.74. The van der Waals surface area contributed by atoms with E-state index in [0.717, 1.165) is 26.1 Å². The Morgan fingerprint density at radius 1 is 1.31 bits per heavy atom. The minimum absolute atomic E-state index is 0.0155. The lowest BCUT2D eigenvalue weighted by Crippen LogP contribution is -2.21. The average Bonchev–Trinajstić information content (AvgIpc) is 2.27. The highest BCUT2D eigenvalue weighted by Gasteiger charge is 2.14. The molecule has 16 heavy (non-hydrogen) atoms. The van der Waals surface area contributed by atoms with Gasteiger partial charge in [-0.2, -0.15) is 0 Å². The van der Waals surface area contributed by atoms with Crippen molar-refractivity contribution < 1.29 is 19.7 Å². The molecule has 0 saturated carbocycles. The normalized spacial score (nSPS) is 17.2. The third-order valence-electron chi connectivity index (χ3n) is 2.63. The fourth-order valence-electron chi connectivity index (χ4n) is 1.71. The van der Waals surface area contributed by atoms with Gasteiger partial charge in [-0.1, -0.05) is 0 Å². The minimum atomic E-state index is -0.109. The van der Waals surface area contributed by atoms with Crippen molar-refractivity contribution in [1.82, 2.24) is 0 Å². The van der Waals surface area contributed by atoms with E-state index in [-0.39, 0.29) is 11.5 Å². The number of hydrogen-bond donors (Lipinski definition) is 2. The van der Waals surface area contributed by atoms with Crippen molar-refractivity contribution in [3.05, 3.63) is 18.2 Å². The molecule has 4 nitrogen and oxygen atoms in total. The number of ether oxygens (including phenoxy) is 2. The molecular weight excluding hydrogens is 208 g/mol. The second-order valence-electron chi connectivity index (χ2n) is 3.95. The van der Waals surface area contributed by atoms with Crippen LogP contribution < -0.4 is 4.74 Å². The average molecular weight is 223 g/mol. The molecule has 1 fully saturated rings. The third kappa shape index (κ3) is 3.03. The first kappa shape index (κ1) is 11.1. The quantitative estimate of drug-likeness (QED) is 0.818. The summed E-state index contributed by atoms with van der Waals surface area (Å²) in [6.07, 6.45) is 1.98. The number of rotatable bonds is 3. The standard InChI is InChI=1S/C12H15O4/c13-10-5-11(14)7-12(6-10)16-8-9-1-3-15-4-2-9/h5-6,9,13-14H,1-4,8H2. The Bertz CT molecular complexity index is 325. The van der Waals surface area contributed by atoms with Crippen molar-refractivity contribution in [2.45, 2.75) is 12.8 Å². The molecule has 2 rings (SSSR count). The molecule has 1 aliphatic heterocycles. The van der Waals surface area contributed by atoms with Crippen molar-refractivity contribution in [3.63, 3.8) is 0 Å². The zero-order valence-corrected chi connectivity index (χ0v) is 8.98. The van der Waals surface area contributed by atoms with Crippen LogP contribution in [0.1, 0.15) is 12.8 Å². The Morgan fingerprint density at radius 2 is 2.06 bits per heavy atom. The predicted octanol–water partition coefficient (Wildman–Crippen LogP) is 1.70. The van der Waals surface area contributed by atoms with Crippen LogP contribution in [0, 0.1) is 12.0 Å². The maximum absolute atomic E-state index is 9.25. The Labute approximate surface area is 94.4 Å². The molecule has 0 spiro atoms. The molecule has 4 heteroatoms. The maximum atomic E-state index is 9.25. The Hall–Kier alpha value is -1.42. The fourth-order valence-corrected chi connectivity index (χ4v) is 1.71. The van der Waals surface area contributed by atoms with Gasteiger partial charge in [0, 0.05) is 25.3 Å². The molecule has 1 aromatic carbocycles. The molecule has 1 aromatic rings. The summed E-state index contributed by atoms with van der Waals surface area (Å²) >= 11 is 0. The van der Waals surface area contributed by atoms with Gasteiger partial charge < -0.3 is 19.7 Å². The Morgan fingerprint density at radius 3 is 2.75 bits per heavy atom. The molecule has 1 aliphatic rings. The highest BCUT2D eigenvalue weighted by molar-refractivity contribution is 5.39. The molecule has 0 atom stereocenters. The van der Waals surface area contributed by atoms with Gasteiger partial charge in [0.15, 0.2) is 0 Å². The van der Waals surface area contributed by atoms with Crippen LogP contribution in [0.5, 0.6) is 17.2 Å². The van der Waals surface area contributed by atoms with Gasteiger partial charge >= 0.3 is 0 Å². The van der Waals surface area contributed by atoms with Crippen LogP contribution in [-0.2, 0) is 4.74 Å². The van der Waals surface area contributed by atoms with Crippen LogP contribution in [0.15, 0.2) is 12.1 Å². The molecule has 0 aliphatic carbocycles. The molecule has 1 heterocycles. The van der Waals surface area contributed by atoms with Crippen LogP contribution in [0.3, 0.4) is 0 Å². The van der Waals surface area contributed by atoms with E-state index in [9.17, 15) is 10.2 Å². The predicted molar refractivity (Wildman–Crippen MR) is 57.6 cm³/mol. The van der Waals surface area contributed by atoms with Crippen LogP contribution in [0.25, 0.3) is 0 Å². The van der Waals surface area contributed by atoms with Crippen LogP contribution >= 0.6 is 0 Å². The lowest BCUT2D eigenvalue weighted by atomic mass is 10.0. The smallest absolute Gasteiger partial charge is 0.134 e. The van der Waals surface area contributed by atoms with Gasteiger partial charge in [-0.05, 0) is 18.8 Å². The summed E-state index contributed by atoms with van der Waals surface area (Å²) in [6.45, 7) is 2.13. The second kappa shape index (κ2) is 5.07. The summed E-state index contributed by atoms with van der Waals surface area (Å²) in [6, 6.07) is 5.30. The van der Waals surface area contributed by atoms with Crippen molar-refractivity contribution in [2.24, 2.45) is 5.92 Å². The van der Waals surface area contributed by atoms with E-state index < -0.39 is 0 Å². The van der Waals surface area contributed by atoms with Gasteiger partial charge in [0.1, 0.15) is 17.2 Å². The van der Waals surface area contributed by atoms with Crippen LogP contribution in [0.2, 0.25) is 0 Å². The topological polar surface area (TPSA) is 58.9 Å². The Balaban J connectivity index is 1.88. The summed E-state index contributed by atoms with van der Waals surface area (Å²) in [5.41, 5.74) is 0. The first-order valence-electron chi connectivity index (χ1n) is 5.40. The van der Waals surface area contributed by atoms with Gasteiger partial charge in [0.25, 0.3) is 0 Å².